The molecule has 2 aliphatic heterocycles. The largest absolute Gasteiger partial charge is 0.478 e. The minimum absolute atomic E-state index is 0.134. The Bertz CT molecular complexity index is 2600. The summed E-state index contributed by atoms with van der Waals surface area (Å²) in [4.78, 5) is 37.0. The van der Waals surface area contributed by atoms with Crippen molar-refractivity contribution >= 4 is 31.6 Å². The number of carboxylic acids is 1. The highest BCUT2D eigenvalue weighted by Crippen LogP contribution is 2.60. The molecule has 5 atom stereocenters. The average Bonchev–Trinajstić information content (AvgIpc) is 3.95. The van der Waals surface area contributed by atoms with Gasteiger partial charge >= 0.3 is 5.97 Å². The van der Waals surface area contributed by atoms with Crippen molar-refractivity contribution in [2.45, 2.75) is 97.0 Å². The third-order valence-electron chi connectivity index (χ3n) is 13.7. The molecule has 10 rings (SSSR count). The number of carbonyl (C=O) groups excluding carboxylic acids is 1. The summed E-state index contributed by atoms with van der Waals surface area (Å²) in [6, 6.07) is 8.55. The number of anilines is 2. The van der Waals surface area contributed by atoms with Gasteiger partial charge in [0.25, 0.3) is 17.8 Å². The molecular formula is C45H55F4N11O4Si. The lowest BCUT2D eigenvalue weighted by Gasteiger charge is -2.21. The zero-order valence-corrected chi connectivity index (χ0v) is 38.4. The molecule has 65 heavy (non-hydrogen) atoms. The first-order chi connectivity index (χ1) is 30.8. The fourth-order valence-corrected chi connectivity index (χ4v) is 10.1. The van der Waals surface area contributed by atoms with Crippen LogP contribution < -0.4 is 15.1 Å². The average molecular weight is 918 g/mol. The van der Waals surface area contributed by atoms with Crippen LogP contribution in [0, 0.1) is 44.4 Å². The van der Waals surface area contributed by atoms with E-state index in [1.54, 1.807) is 21.8 Å². The van der Waals surface area contributed by atoms with Crippen molar-refractivity contribution in [3.8, 4) is 0 Å². The van der Waals surface area contributed by atoms with Crippen LogP contribution in [0.3, 0.4) is 0 Å². The molecule has 346 valence electrons. The minimum atomic E-state index is -2.50. The van der Waals surface area contributed by atoms with Crippen molar-refractivity contribution in [3.05, 3.63) is 99.6 Å². The highest BCUT2D eigenvalue weighted by Gasteiger charge is 2.72. The van der Waals surface area contributed by atoms with Crippen LogP contribution in [-0.4, -0.2) is 109 Å². The second-order valence-electron chi connectivity index (χ2n) is 19.4. The highest BCUT2D eigenvalue weighted by molar-refractivity contribution is 6.76. The van der Waals surface area contributed by atoms with Gasteiger partial charge < -0.3 is 25.0 Å². The molecule has 7 heterocycles. The fourth-order valence-electron chi connectivity index (χ4n) is 9.36. The molecule has 0 aromatic carbocycles. The number of halogens is 4. The number of fused-ring (bicyclic) bond motifs is 3. The van der Waals surface area contributed by atoms with Gasteiger partial charge in [-0.15, -0.1) is 0 Å². The summed E-state index contributed by atoms with van der Waals surface area (Å²) >= 11 is 0. The second kappa shape index (κ2) is 16.7. The van der Waals surface area contributed by atoms with Crippen LogP contribution in [0.1, 0.15) is 72.6 Å². The maximum Gasteiger partial charge on any atom is 0.338 e. The number of aromatic nitrogens is 8. The predicted octanol–water partition coefficient (Wildman–Crippen LogP) is 6.60. The molecule has 5 aromatic rings. The van der Waals surface area contributed by atoms with Crippen molar-refractivity contribution in [2.24, 2.45) is 23.7 Å². The maximum absolute atomic E-state index is 13.6. The normalized spacial score (nSPS) is 23.1. The summed E-state index contributed by atoms with van der Waals surface area (Å²) in [5.41, 5.74) is 7.34. The summed E-state index contributed by atoms with van der Waals surface area (Å²) in [6.07, 6.45) is 7.79. The molecule has 4 unspecified atom stereocenters. The zero-order valence-electron chi connectivity index (χ0n) is 37.4. The van der Waals surface area contributed by atoms with E-state index in [4.69, 9.17) is 14.9 Å². The molecule has 5 aliphatic rings. The van der Waals surface area contributed by atoms with E-state index in [9.17, 15) is 27.2 Å². The van der Waals surface area contributed by atoms with Gasteiger partial charge in [0.1, 0.15) is 18.4 Å². The van der Waals surface area contributed by atoms with E-state index >= 15 is 0 Å². The van der Waals surface area contributed by atoms with Crippen LogP contribution >= 0.6 is 0 Å². The molecule has 0 bridgehead atoms. The number of carbonyl (C=O) groups is 2. The van der Waals surface area contributed by atoms with Crippen molar-refractivity contribution in [1.29, 1.82) is 0 Å². The Morgan fingerprint density at radius 3 is 1.78 bits per heavy atom. The van der Waals surface area contributed by atoms with Gasteiger partial charge in [-0.3, -0.25) is 14.2 Å². The molecular weight excluding hydrogens is 863 g/mol. The van der Waals surface area contributed by atoms with Crippen molar-refractivity contribution in [1.82, 2.24) is 44.6 Å². The smallest absolute Gasteiger partial charge is 0.338 e. The van der Waals surface area contributed by atoms with Gasteiger partial charge in [0.2, 0.25) is 0 Å². The number of hydrogen-bond acceptors (Lipinski definition) is 10. The summed E-state index contributed by atoms with van der Waals surface area (Å²) in [7, 11) is -1.14. The molecule has 0 spiro atoms. The molecule has 2 saturated heterocycles. The third-order valence-corrected chi connectivity index (χ3v) is 15.4. The van der Waals surface area contributed by atoms with Gasteiger partial charge in [0, 0.05) is 70.3 Å². The first-order valence-electron chi connectivity index (χ1n) is 22.2. The molecule has 0 radical (unpaired) electrons. The van der Waals surface area contributed by atoms with E-state index in [0.29, 0.717) is 57.4 Å². The fraction of sp³-hybridized carbons (Fsp3) is 0.533. The Balaban J connectivity index is 0.000000188. The Hall–Kier alpha value is -5.63. The summed E-state index contributed by atoms with van der Waals surface area (Å²) in [5, 5.41) is 25.3. The number of amides is 1. The number of alkyl halides is 4. The van der Waals surface area contributed by atoms with Crippen molar-refractivity contribution in [3.63, 3.8) is 0 Å². The number of rotatable bonds is 14. The summed E-state index contributed by atoms with van der Waals surface area (Å²) in [5.74, 6) is -6.87. The Kier molecular flexibility index (Phi) is 11.4. The summed E-state index contributed by atoms with van der Waals surface area (Å²) in [6.45, 7) is 16.3. The topological polar surface area (TPSA) is 161 Å². The Labute approximate surface area is 375 Å². The first kappa shape index (κ1) is 44.6. The van der Waals surface area contributed by atoms with E-state index in [0.717, 1.165) is 65.2 Å². The maximum atomic E-state index is 13.6. The molecule has 3 aliphatic carbocycles. The lowest BCUT2D eigenvalue weighted by molar-refractivity contribution is 0.0695. The van der Waals surface area contributed by atoms with Gasteiger partial charge in [-0.25, -0.2) is 37.0 Å². The van der Waals surface area contributed by atoms with Crippen LogP contribution in [0.2, 0.25) is 25.7 Å². The van der Waals surface area contributed by atoms with E-state index in [1.807, 2.05) is 52.6 Å². The van der Waals surface area contributed by atoms with Crippen LogP contribution in [0.5, 0.6) is 0 Å². The molecule has 2 N–H and O–H groups in total. The van der Waals surface area contributed by atoms with Gasteiger partial charge in [0.05, 0.1) is 72.0 Å². The van der Waals surface area contributed by atoms with Gasteiger partial charge in [-0.1, -0.05) is 31.8 Å². The second-order valence-corrected chi connectivity index (χ2v) is 25.1. The van der Waals surface area contributed by atoms with E-state index in [-0.39, 0.29) is 17.5 Å². The number of pyridine rings is 2. The summed E-state index contributed by atoms with van der Waals surface area (Å²) < 4.78 is 64.8. The quantitative estimate of drug-likeness (QED) is 0.0702. The molecule has 1 amide bonds. The van der Waals surface area contributed by atoms with E-state index < -0.39 is 49.6 Å². The first-order valence-corrected chi connectivity index (χ1v) is 25.9. The number of carboxylic acid groups (broad SMARTS) is 1. The van der Waals surface area contributed by atoms with E-state index in [2.05, 4.69) is 52.0 Å². The minimum Gasteiger partial charge on any atom is -0.478 e. The van der Waals surface area contributed by atoms with Crippen LogP contribution in [0.4, 0.5) is 29.2 Å². The van der Waals surface area contributed by atoms with Crippen LogP contribution in [-0.2, 0) is 31.0 Å². The van der Waals surface area contributed by atoms with Crippen molar-refractivity contribution < 1.29 is 37.0 Å². The number of piperidine rings is 2. The van der Waals surface area contributed by atoms with Crippen LogP contribution in [0.15, 0.2) is 49.1 Å². The number of aromatic carboxylic acids is 1. The standard InChI is InChI=1S/C29H39F2N7O2Si.C16H16F2N4O2/c1-18-20(6-9-26(33-18)36-15-23-24(16-36)29(23,30)31)13-37-14-21(12-32-37)28(39)34-25-8-7-22-19(2)38(35-27(22)25)17-40-10-11-41(3,4)5;1-9-10(5-22-6-11(4-19-22)15(23)24)2-3-14(20-9)21-7-12-13(8-21)16(12,17)18/h6,9,12,14,23-25H,7-8,10-11,13,15-17H2,1-5H3,(H,34,39);2-4,6,12-13H,5,7-8H2,1H3,(H,23,24)/t23?,24?,25-;/m1./s1. The molecule has 2 saturated carbocycles. The highest BCUT2D eigenvalue weighted by atomic mass is 28.3. The molecule has 20 heteroatoms. The number of nitrogens with one attached hydrogen (secondary N) is 1. The lowest BCUT2D eigenvalue weighted by atomic mass is 10.2. The third kappa shape index (κ3) is 9.02. The van der Waals surface area contributed by atoms with Gasteiger partial charge in [-0.05, 0) is 68.5 Å². The monoisotopic (exact) mass is 917 g/mol. The molecule has 5 aromatic heterocycles. The molecule has 15 nitrogen and oxygen atoms in total. The number of hydrogen-bond donors (Lipinski definition) is 2. The van der Waals surface area contributed by atoms with Gasteiger partial charge in [-0.2, -0.15) is 15.3 Å². The predicted molar refractivity (Wildman–Crippen MR) is 235 cm³/mol. The van der Waals surface area contributed by atoms with Gasteiger partial charge in [0.15, 0.2) is 0 Å². The lowest BCUT2D eigenvalue weighted by Crippen LogP contribution is -2.28. The Morgan fingerprint density at radius 2 is 1.31 bits per heavy atom. The number of ether oxygens (including phenoxy) is 1. The number of aryl methyl sites for hydroxylation is 2. The van der Waals surface area contributed by atoms with Crippen LogP contribution in [0.25, 0.3) is 0 Å². The van der Waals surface area contributed by atoms with Crippen molar-refractivity contribution in [2.75, 3.05) is 42.6 Å². The zero-order chi connectivity index (χ0) is 46.2. The van der Waals surface area contributed by atoms with E-state index in [1.165, 1.54) is 18.0 Å². The Morgan fingerprint density at radius 1 is 0.800 bits per heavy atom. The number of nitrogens with zero attached hydrogens (tertiary/aromatic N) is 10. The molecule has 4 fully saturated rings. The SMILES string of the molecule is Cc1nc(N2CC3C(C2)C3(F)F)ccc1Cn1cc(C(=O)N[C@@H]2CCc3c2nn(COCC[Si](C)(C)C)c3C)cn1.Cc1nc(N2CC3C(C2)C3(F)F)ccc1Cn1cc(C(=O)O)cn1.